The number of methoxy groups -OCH3 is 2. The number of rotatable bonds is 11. The minimum Gasteiger partial charge on any atom is -0.497 e. The molecule has 0 aliphatic rings. The van der Waals surface area contributed by atoms with Gasteiger partial charge in [0.15, 0.2) is 0 Å². The van der Waals surface area contributed by atoms with E-state index in [2.05, 4.69) is 0 Å². The lowest BCUT2D eigenvalue weighted by atomic mass is 10.2. The van der Waals surface area contributed by atoms with Gasteiger partial charge in [-0.25, -0.2) is 9.59 Å². The molecule has 0 aromatic heterocycles. The summed E-state index contributed by atoms with van der Waals surface area (Å²) in [5.74, 6) is 0.689. The van der Waals surface area contributed by atoms with E-state index in [1.54, 1.807) is 26.4 Å². The summed E-state index contributed by atoms with van der Waals surface area (Å²) < 4.78 is 20.4. The summed E-state index contributed by atoms with van der Waals surface area (Å²) in [5.41, 5.74) is 1.75. The predicted molar refractivity (Wildman–Crippen MR) is 115 cm³/mol. The first-order valence-corrected chi connectivity index (χ1v) is 9.58. The molecule has 0 amide bonds. The van der Waals surface area contributed by atoms with Crippen molar-refractivity contribution in [2.45, 2.75) is 12.8 Å². The van der Waals surface area contributed by atoms with Crippen molar-refractivity contribution >= 4 is 24.1 Å². The summed E-state index contributed by atoms with van der Waals surface area (Å²) in [6.07, 6.45) is 7.34. The number of carbonyl (C=O) groups excluding carboxylic acids is 2. The normalized spacial score (nSPS) is 10.9. The Morgan fingerprint density at radius 1 is 0.667 bits per heavy atom. The van der Waals surface area contributed by atoms with Crippen molar-refractivity contribution in [3.05, 3.63) is 71.8 Å². The maximum atomic E-state index is 11.7. The van der Waals surface area contributed by atoms with E-state index in [0.717, 1.165) is 22.6 Å². The first-order chi connectivity index (χ1) is 14.6. The van der Waals surface area contributed by atoms with Crippen LogP contribution in [-0.2, 0) is 19.1 Å². The zero-order valence-corrected chi connectivity index (χ0v) is 17.2. The Hall–Kier alpha value is -3.54. The summed E-state index contributed by atoms with van der Waals surface area (Å²) in [7, 11) is 3.20. The maximum absolute atomic E-state index is 11.7. The number of esters is 2. The maximum Gasteiger partial charge on any atom is 0.330 e. The number of benzene rings is 2. The van der Waals surface area contributed by atoms with Gasteiger partial charge in [0.1, 0.15) is 11.5 Å². The van der Waals surface area contributed by atoms with Gasteiger partial charge in [0.05, 0.1) is 27.4 Å². The Kier molecular flexibility index (Phi) is 9.73. The first-order valence-electron chi connectivity index (χ1n) is 9.58. The molecule has 2 aromatic rings. The molecule has 0 aliphatic carbocycles. The lowest BCUT2D eigenvalue weighted by Gasteiger charge is -2.03. The molecule has 30 heavy (non-hydrogen) atoms. The molecule has 0 fully saturated rings. The lowest BCUT2D eigenvalue weighted by Crippen LogP contribution is -2.06. The molecule has 6 heteroatoms. The van der Waals surface area contributed by atoms with Crippen LogP contribution in [0.25, 0.3) is 12.2 Å². The summed E-state index contributed by atoms with van der Waals surface area (Å²) in [4.78, 5) is 23.4. The third-order valence-corrected chi connectivity index (χ3v) is 4.08. The minimum atomic E-state index is -0.412. The summed E-state index contributed by atoms with van der Waals surface area (Å²) >= 11 is 0. The van der Waals surface area contributed by atoms with Gasteiger partial charge in [-0.05, 0) is 60.4 Å². The number of carbonyl (C=O) groups is 2. The van der Waals surface area contributed by atoms with E-state index >= 15 is 0 Å². The highest BCUT2D eigenvalue weighted by atomic mass is 16.5. The Balaban J connectivity index is 1.57. The van der Waals surface area contributed by atoms with Crippen LogP contribution in [0, 0.1) is 0 Å². The average Bonchev–Trinajstić information content (AvgIpc) is 2.79. The summed E-state index contributed by atoms with van der Waals surface area (Å²) in [6.45, 7) is 0.538. The van der Waals surface area contributed by atoms with Crippen molar-refractivity contribution < 1.29 is 28.5 Å². The average molecular weight is 410 g/mol. The zero-order valence-electron chi connectivity index (χ0n) is 17.2. The van der Waals surface area contributed by atoms with Crippen LogP contribution in [0.1, 0.15) is 24.0 Å². The molecule has 0 bridgehead atoms. The van der Waals surface area contributed by atoms with Gasteiger partial charge >= 0.3 is 11.9 Å². The number of hydrogen-bond acceptors (Lipinski definition) is 6. The van der Waals surface area contributed by atoms with E-state index in [-0.39, 0.29) is 13.2 Å². The molecule has 6 nitrogen and oxygen atoms in total. The largest absolute Gasteiger partial charge is 0.497 e. The van der Waals surface area contributed by atoms with Gasteiger partial charge in [-0.3, -0.25) is 0 Å². The van der Waals surface area contributed by atoms with Crippen LogP contribution >= 0.6 is 0 Å². The van der Waals surface area contributed by atoms with Crippen molar-refractivity contribution in [3.8, 4) is 11.5 Å². The van der Waals surface area contributed by atoms with E-state index in [0.29, 0.717) is 12.8 Å². The van der Waals surface area contributed by atoms with Gasteiger partial charge in [-0.15, -0.1) is 0 Å². The molecule has 0 spiro atoms. The molecule has 0 N–H and O–H groups in total. The van der Waals surface area contributed by atoms with Crippen LogP contribution in [0.5, 0.6) is 11.5 Å². The third-order valence-electron chi connectivity index (χ3n) is 4.08. The van der Waals surface area contributed by atoms with E-state index in [1.807, 2.05) is 48.5 Å². The molecule has 0 atom stereocenters. The fourth-order valence-electron chi connectivity index (χ4n) is 2.40. The standard InChI is InChI=1S/C24H26O6/c1-27-21-11-5-19(6-12-21)9-15-23(25)29-17-3-4-18-30-24(26)16-10-20-7-13-22(28-2)14-8-20/h5-16H,3-4,17-18H2,1-2H3/b15-9+,16-10?. The van der Waals surface area contributed by atoms with E-state index in [4.69, 9.17) is 18.9 Å². The summed E-state index contributed by atoms with van der Waals surface area (Å²) in [6, 6.07) is 14.7. The van der Waals surface area contributed by atoms with Crippen molar-refractivity contribution in [3.63, 3.8) is 0 Å². The molecule has 0 saturated heterocycles. The molecule has 0 unspecified atom stereocenters. The van der Waals surface area contributed by atoms with E-state index < -0.39 is 11.9 Å². The van der Waals surface area contributed by atoms with Crippen molar-refractivity contribution in [2.24, 2.45) is 0 Å². The molecule has 2 rings (SSSR count). The molecule has 0 radical (unpaired) electrons. The number of hydrogen-bond donors (Lipinski definition) is 0. The molecule has 2 aromatic carbocycles. The highest BCUT2D eigenvalue weighted by Crippen LogP contribution is 2.13. The van der Waals surface area contributed by atoms with Crippen LogP contribution in [0.2, 0.25) is 0 Å². The topological polar surface area (TPSA) is 71.1 Å². The Morgan fingerprint density at radius 2 is 1.03 bits per heavy atom. The Bertz CT molecular complexity index is 777. The molecular weight excluding hydrogens is 384 g/mol. The number of unbranched alkanes of at least 4 members (excludes halogenated alkanes) is 1. The van der Waals surface area contributed by atoms with Crippen LogP contribution < -0.4 is 9.47 Å². The second-order valence-electron chi connectivity index (χ2n) is 6.26. The third kappa shape index (κ3) is 8.65. The van der Waals surface area contributed by atoms with Crippen LogP contribution in [-0.4, -0.2) is 39.4 Å². The fourth-order valence-corrected chi connectivity index (χ4v) is 2.40. The Labute approximate surface area is 176 Å². The quantitative estimate of drug-likeness (QED) is 0.313. The van der Waals surface area contributed by atoms with Crippen molar-refractivity contribution in [2.75, 3.05) is 27.4 Å². The van der Waals surface area contributed by atoms with Crippen LogP contribution in [0.3, 0.4) is 0 Å². The second-order valence-corrected chi connectivity index (χ2v) is 6.26. The van der Waals surface area contributed by atoms with Gasteiger partial charge < -0.3 is 18.9 Å². The predicted octanol–water partition coefficient (Wildman–Crippen LogP) is 4.30. The van der Waals surface area contributed by atoms with Gasteiger partial charge in [-0.1, -0.05) is 24.3 Å². The SMILES string of the molecule is COc1ccc(C=CC(=O)OCCCCOC(=O)/C=C/c2ccc(OC)cc2)cc1. The first kappa shape index (κ1) is 22.7. The van der Waals surface area contributed by atoms with Gasteiger partial charge in [0, 0.05) is 12.2 Å². The van der Waals surface area contributed by atoms with Crippen molar-refractivity contribution in [1.82, 2.24) is 0 Å². The monoisotopic (exact) mass is 410 g/mol. The zero-order chi connectivity index (χ0) is 21.6. The second kappa shape index (κ2) is 12.8. The minimum absolute atomic E-state index is 0.269. The van der Waals surface area contributed by atoms with Gasteiger partial charge in [-0.2, -0.15) is 0 Å². The molecule has 158 valence electrons. The molecule has 0 aliphatic heterocycles. The van der Waals surface area contributed by atoms with E-state index in [1.165, 1.54) is 12.2 Å². The highest BCUT2D eigenvalue weighted by molar-refractivity contribution is 5.87. The van der Waals surface area contributed by atoms with Crippen LogP contribution in [0.4, 0.5) is 0 Å². The molecule has 0 saturated carbocycles. The van der Waals surface area contributed by atoms with Gasteiger partial charge in [0.25, 0.3) is 0 Å². The Morgan fingerprint density at radius 3 is 1.37 bits per heavy atom. The van der Waals surface area contributed by atoms with E-state index in [9.17, 15) is 9.59 Å². The smallest absolute Gasteiger partial charge is 0.330 e. The fraction of sp³-hybridized carbons (Fsp3) is 0.250. The van der Waals surface area contributed by atoms with Crippen molar-refractivity contribution in [1.29, 1.82) is 0 Å². The van der Waals surface area contributed by atoms with Crippen LogP contribution in [0.15, 0.2) is 60.7 Å². The molecule has 0 heterocycles. The summed E-state index contributed by atoms with van der Waals surface area (Å²) in [5, 5.41) is 0. The lowest BCUT2D eigenvalue weighted by molar-refractivity contribution is -0.140. The molecular formula is C24H26O6. The van der Waals surface area contributed by atoms with Gasteiger partial charge in [0.2, 0.25) is 0 Å². The number of ether oxygens (including phenoxy) is 4. The highest BCUT2D eigenvalue weighted by Gasteiger charge is 2.00.